The van der Waals surface area contributed by atoms with E-state index in [-0.39, 0.29) is 18.1 Å². The van der Waals surface area contributed by atoms with Crippen LogP contribution in [-0.4, -0.2) is 41.3 Å². The van der Waals surface area contributed by atoms with Crippen LogP contribution in [0, 0.1) is 11.8 Å². The SMILES string of the molecule is CCC1CCCCC1NC(=O)N1CCCC(C(C)O)C1. The van der Waals surface area contributed by atoms with Gasteiger partial charge in [-0.25, -0.2) is 4.79 Å². The molecule has 0 aromatic heterocycles. The molecule has 116 valence electrons. The smallest absolute Gasteiger partial charge is 0.317 e. The van der Waals surface area contributed by atoms with Gasteiger partial charge in [0.05, 0.1) is 6.10 Å². The fourth-order valence-corrected chi connectivity index (χ4v) is 3.72. The fourth-order valence-electron chi connectivity index (χ4n) is 3.72. The average Bonchev–Trinajstić information content (AvgIpc) is 2.48. The molecule has 20 heavy (non-hydrogen) atoms. The Kier molecular flexibility index (Phi) is 5.70. The van der Waals surface area contributed by atoms with E-state index in [2.05, 4.69) is 12.2 Å². The largest absolute Gasteiger partial charge is 0.393 e. The maximum Gasteiger partial charge on any atom is 0.317 e. The summed E-state index contributed by atoms with van der Waals surface area (Å²) < 4.78 is 0. The fraction of sp³-hybridized carbons (Fsp3) is 0.938. The summed E-state index contributed by atoms with van der Waals surface area (Å²) in [5.41, 5.74) is 0. The molecule has 2 amide bonds. The zero-order chi connectivity index (χ0) is 14.5. The van der Waals surface area contributed by atoms with Crippen molar-refractivity contribution in [1.29, 1.82) is 0 Å². The van der Waals surface area contributed by atoms with E-state index in [1.165, 1.54) is 19.3 Å². The molecule has 2 N–H and O–H groups in total. The summed E-state index contributed by atoms with van der Waals surface area (Å²) in [6, 6.07) is 0.439. The summed E-state index contributed by atoms with van der Waals surface area (Å²) in [6.07, 6.45) is 7.78. The Balaban J connectivity index is 1.87. The highest BCUT2D eigenvalue weighted by molar-refractivity contribution is 5.74. The van der Waals surface area contributed by atoms with Crippen molar-refractivity contribution in [2.45, 2.75) is 70.9 Å². The molecule has 2 rings (SSSR count). The number of piperidine rings is 1. The van der Waals surface area contributed by atoms with Crippen LogP contribution in [0.25, 0.3) is 0 Å². The topological polar surface area (TPSA) is 52.6 Å². The van der Waals surface area contributed by atoms with Crippen molar-refractivity contribution in [1.82, 2.24) is 10.2 Å². The van der Waals surface area contributed by atoms with Gasteiger partial charge in [0.25, 0.3) is 0 Å². The Morgan fingerprint density at radius 1 is 1.30 bits per heavy atom. The lowest BCUT2D eigenvalue weighted by molar-refractivity contribution is 0.0721. The molecule has 4 unspecified atom stereocenters. The van der Waals surface area contributed by atoms with E-state index >= 15 is 0 Å². The summed E-state index contributed by atoms with van der Waals surface area (Å²) in [7, 11) is 0. The molecule has 0 aromatic rings. The lowest BCUT2D eigenvalue weighted by atomic mass is 9.83. The molecule has 1 saturated carbocycles. The van der Waals surface area contributed by atoms with Gasteiger partial charge in [-0.05, 0) is 38.5 Å². The first-order valence-corrected chi connectivity index (χ1v) is 8.35. The molecule has 0 radical (unpaired) electrons. The number of amides is 2. The van der Waals surface area contributed by atoms with Crippen LogP contribution in [0.2, 0.25) is 0 Å². The van der Waals surface area contributed by atoms with Crippen LogP contribution in [0.3, 0.4) is 0 Å². The molecule has 0 spiro atoms. The standard InChI is InChI=1S/C16H30N2O2/c1-3-13-7-4-5-9-15(13)17-16(20)18-10-6-8-14(11-18)12(2)19/h12-15,19H,3-11H2,1-2H3,(H,17,20). The van der Waals surface area contributed by atoms with E-state index in [1.54, 1.807) is 0 Å². The number of nitrogens with one attached hydrogen (secondary N) is 1. The number of carbonyl (C=O) groups excluding carboxylic acids is 1. The van der Waals surface area contributed by atoms with Crippen molar-refractivity contribution in [3.8, 4) is 0 Å². The lowest BCUT2D eigenvalue weighted by Gasteiger charge is -2.37. The first kappa shape index (κ1) is 15.6. The molecule has 0 bridgehead atoms. The van der Waals surface area contributed by atoms with E-state index in [1.807, 2.05) is 11.8 Å². The van der Waals surface area contributed by atoms with Gasteiger partial charge in [0.2, 0.25) is 0 Å². The van der Waals surface area contributed by atoms with Gasteiger partial charge in [0.15, 0.2) is 0 Å². The summed E-state index contributed by atoms with van der Waals surface area (Å²) in [5, 5.41) is 13.0. The van der Waals surface area contributed by atoms with Gasteiger partial charge in [-0.1, -0.05) is 26.2 Å². The van der Waals surface area contributed by atoms with Gasteiger partial charge in [0, 0.05) is 25.0 Å². The molecule has 1 aliphatic carbocycles. The summed E-state index contributed by atoms with van der Waals surface area (Å²) >= 11 is 0. The van der Waals surface area contributed by atoms with Crippen LogP contribution in [0.5, 0.6) is 0 Å². The van der Waals surface area contributed by atoms with Gasteiger partial charge < -0.3 is 15.3 Å². The Labute approximate surface area is 122 Å². The van der Waals surface area contributed by atoms with Gasteiger partial charge in [-0.15, -0.1) is 0 Å². The number of carbonyl (C=O) groups is 1. The first-order valence-electron chi connectivity index (χ1n) is 8.35. The molecule has 0 aromatic carbocycles. The van der Waals surface area contributed by atoms with Gasteiger partial charge in [-0.3, -0.25) is 0 Å². The van der Waals surface area contributed by atoms with E-state index in [0.717, 1.165) is 32.2 Å². The highest BCUT2D eigenvalue weighted by atomic mass is 16.3. The summed E-state index contributed by atoms with van der Waals surface area (Å²) in [5.74, 6) is 0.882. The molecule has 4 atom stereocenters. The number of aliphatic hydroxyl groups excluding tert-OH is 1. The minimum atomic E-state index is -0.316. The average molecular weight is 282 g/mol. The van der Waals surface area contributed by atoms with Crippen LogP contribution in [0.4, 0.5) is 4.79 Å². The highest BCUT2D eigenvalue weighted by Gasteiger charge is 2.30. The molecular weight excluding hydrogens is 252 g/mol. The third-order valence-electron chi connectivity index (χ3n) is 5.17. The van der Waals surface area contributed by atoms with Crippen molar-refractivity contribution in [3.63, 3.8) is 0 Å². The monoisotopic (exact) mass is 282 g/mol. The number of likely N-dealkylation sites (tertiary alicyclic amines) is 1. The third-order valence-corrected chi connectivity index (χ3v) is 5.17. The normalized spacial score (nSPS) is 32.8. The maximum absolute atomic E-state index is 12.4. The maximum atomic E-state index is 12.4. The van der Waals surface area contributed by atoms with E-state index in [0.29, 0.717) is 18.5 Å². The van der Waals surface area contributed by atoms with Crippen molar-refractivity contribution in [3.05, 3.63) is 0 Å². The van der Waals surface area contributed by atoms with Crippen molar-refractivity contribution < 1.29 is 9.90 Å². The predicted octanol–water partition coefficient (Wildman–Crippen LogP) is 2.76. The number of nitrogens with zero attached hydrogens (tertiary/aromatic N) is 1. The lowest BCUT2D eigenvalue weighted by Crippen LogP contribution is -2.52. The van der Waals surface area contributed by atoms with Gasteiger partial charge in [0.1, 0.15) is 0 Å². The quantitative estimate of drug-likeness (QED) is 0.836. The molecule has 1 aliphatic heterocycles. The molecule has 1 heterocycles. The second-order valence-electron chi connectivity index (χ2n) is 6.60. The molecular formula is C16H30N2O2. The van der Waals surface area contributed by atoms with Crippen molar-refractivity contribution in [2.75, 3.05) is 13.1 Å². The van der Waals surface area contributed by atoms with Crippen LogP contribution < -0.4 is 5.32 Å². The summed E-state index contributed by atoms with van der Waals surface area (Å²) in [6.45, 7) is 5.59. The second kappa shape index (κ2) is 7.30. The molecule has 2 fully saturated rings. The predicted molar refractivity (Wildman–Crippen MR) is 80.5 cm³/mol. The van der Waals surface area contributed by atoms with E-state index < -0.39 is 0 Å². The number of aliphatic hydroxyl groups is 1. The highest BCUT2D eigenvalue weighted by Crippen LogP contribution is 2.27. The minimum absolute atomic E-state index is 0.0840. The number of hydrogen-bond donors (Lipinski definition) is 2. The third kappa shape index (κ3) is 3.87. The van der Waals surface area contributed by atoms with Crippen LogP contribution in [0.15, 0.2) is 0 Å². The molecule has 4 heteroatoms. The zero-order valence-corrected chi connectivity index (χ0v) is 13.0. The Bertz CT molecular complexity index is 320. The van der Waals surface area contributed by atoms with E-state index in [9.17, 15) is 9.90 Å². The second-order valence-corrected chi connectivity index (χ2v) is 6.60. The van der Waals surface area contributed by atoms with Crippen LogP contribution in [0.1, 0.15) is 58.8 Å². The van der Waals surface area contributed by atoms with Gasteiger partial charge in [-0.2, -0.15) is 0 Å². The van der Waals surface area contributed by atoms with E-state index in [4.69, 9.17) is 0 Å². The van der Waals surface area contributed by atoms with Crippen LogP contribution >= 0.6 is 0 Å². The Hall–Kier alpha value is -0.770. The molecule has 2 aliphatic rings. The molecule has 4 nitrogen and oxygen atoms in total. The Morgan fingerprint density at radius 3 is 2.75 bits per heavy atom. The zero-order valence-electron chi connectivity index (χ0n) is 13.0. The van der Waals surface area contributed by atoms with Gasteiger partial charge >= 0.3 is 6.03 Å². The van der Waals surface area contributed by atoms with Crippen molar-refractivity contribution in [2.24, 2.45) is 11.8 Å². The van der Waals surface area contributed by atoms with Crippen LogP contribution in [-0.2, 0) is 0 Å². The Morgan fingerprint density at radius 2 is 2.05 bits per heavy atom. The molecule has 1 saturated heterocycles. The number of urea groups is 1. The minimum Gasteiger partial charge on any atom is -0.393 e. The number of hydrogen-bond acceptors (Lipinski definition) is 2. The number of rotatable bonds is 3. The first-order chi connectivity index (χ1) is 9.61. The van der Waals surface area contributed by atoms with Crippen molar-refractivity contribution >= 4 is 6.03 Å². The summed E-state index contributed by atoms with van der Waals surface area (Å²) in [4.78, 5) is 14.3.